The summed E-state index contributed by atoms with van der Waals surface area (Å²) in [6.45, 7) is 11.3. The molecule has 13 heavy (non-hydrogen) atoms. The highest BCUT2D eigenvalue weighted by Gasteiger charge is 2.01. The normalized spacial score (nSPS) is 13.2. The smallest absolute Gasteiger partial charge is 0.0704 e. The van der Waals surface area contributed by atoms with Crippen LogP contribution in [0.15, 0.2) is 0 Å². The molecular formula is C10H21O3. The van der Waals surface area contributed by atoms with E-state index in [0.717, 1.165) is 26.2 Å². The maximum atomic E-state index is 5.37. The quantitative estimate of drug-likeness (QED) is 0.516. The fourth-order valence-corrected chi connectivity index (χ4v) is 0.860. The van der Waals surface area contributed by atoms with Gasteiger partial charge in [-0.1, -0.05) is 0 Å². The van der Waals surface area contributed by atoms with Crippen LogP contribution in [0.3, 0.4) is 0 Å². The van der Waals surface area contributed by atoms with Crippen molar-refractivity contribution in [2.45, 2.75) is 26.4 Å². The topological polar surface area (TPSA) is 27.7 Å². The first-order chi connectivity index (χ1) is 6.31. The van der Waals surface area contributed by atoms with E-state index in [0.29, 0.717) is 13.2 Å². The second kappa shape index (κ2) is 9.96. The van der Waals surface area contributed by atoms with E-state index in [1.165, 1.54) is 0 Å². The minimum atomic E-state index is 0.0204. The monoisotopic (exact) mass is 189 g/mol. The maximum Gasteiger partial charge on any atom is 0.0704 e. The fourth-order valence-electron chi connectivity index (χ4n) is 0.860. The van der Waals surface area contributed by atoms with Crippen molar-refractivity contribution in [2.24, 2.45) is 0 Å². The molecule has 0 bridgehead atoms. The van der Waals surface area contributed by atoms with Crippen molar-refractivity contribution in [3.8, 4) is 0 Å². The molecule has 0 saturated heterocycles. The van der Waals surface area contributed by atoms with Crippen molar-refractivity contribution in [1.82, 2.24) is 0 Å². The maximum absolute atomic E-state index is 5.37. The molecule has 0 rings (SSSR count). The largest absolute Gasteiger partial charge is 0.382 e. The van der Waals surface area contributed by atoms with Gasteiger partial charge in [0.05, 0.1) is 19.3 Å². The van der Waals surface area contributed by atoms with Gasteiger partial charge in [-0.15, -0.1) is 0 Å². The molecule has 0 aliphatic carbocycles. The number of ether oxygens (including phenoxy) is 3. The van der Waals surface area contributed by atoms with Crippen LogP contribution in [0.4, 0.5) is 0 Å². The Balaban J connectivity index is 3.05. The Morgan fingerprint density at radius 3 is 2.23 bits per heavy atom. The van der Waals surface area contributed by atoms with E-state index in [9.17, 15) is 0 Å². The van der Waals surface area contributed by atoms with Gasteiger partial charge in [0.25, 0.3) is 0 Å². The third kappa shape index (κ3) is 9.80. The van der Waals surface area contributed by atoms with Crippen molar-refractivity contribution < 1.29 is 14.2 Å². The summed E-state index contributed by atoms with van der Waals surface area (Å²) in [7, 11) is 0. The van der Waals surface area contributed by atoms with Gasteiger partial charge in [-0.05, 0) is 27.2 Å². The van der Waals surface area contributed by atoms with Crippen LogP contribution >= 0.6 is 0 Å². The van der Waals surface area contributed by atoms with E-state index >= 15 is 0 Å². The van der Waals surface area contributed by atoms with E-state index in [1.54, 1.807) is 0 Å². The predicted octanol–water partition coefficient (Wildman–Crippen LogP) is 1.67. The molecule has 0 amide bonds. The zero-order valence-corrected chi connectivity index (χ0v) is 8.75. The van der Waals surface area contributed by atoms with Gasteiger partial charge in [0.15, 0.2) is 0 Å². The lowest BCUT2D eigenvalue weighted by Gasteiger charge is -2.12. The van der Waals surface area contributed by atoms with E-state index in [2.05, 4.69) is 6.92 Å². The molecule has 0 aliphatic heterocycles. The van der Waals surface area contributed by atoms with Crippen LogP contribution in [-0.4, -0.2) is 39.1 Å². The van der Waals surface area contributed by atoms with Crippen molar-refractivity contribution in [2.75, 3.05) is 33.0 Å². The summed E-state index contributed by atoms with van der Waals surface area (Å²) in [5.74, 6) is 0. The van der Waals surface area contributed by atoms with Gasteiger partial charge in [0.2, 0.25) is 0 Å². The summed E-state index contributed by atoms with van der Waals surface area (Å²) >= 11 is 0. The Labute approximate surface area is 81.4 Å². The highest BCUT2D eigenvalue weighted by atomic mass is 16.5. The third-order valence-electron chi connectivity index (χ3n) is 1.57. The van der Waals surface area contributed by atoms with Crippen molar-refractivity contribution in [3.05, 3.63) is 6.92 Å². The summed E-state index contributed by atoms with van der Waals surface area (Å²) in [5.41, 5.74) is 0. The van der Waals surface area contributed by atoms with Crippen molar-refractivity contribution in [3.63, 3.8) is 0 Å². The van der Waals surface area contributed by atoms with E-state index < -0.39 is 0 Å². The highest BCUT2D eigenvalue weighted by Crippen LogP contribution is 1.96. The molecule has 0 fully saturated rings. The average molecular weight is 189 g/mol. The summed E-state index contributed by atoms with van der Waals surface area (Å²) in [6, 6.07) is 0. The molecule has 0 heterocycles. The summed E-state index contributed by atoms with van der Waals surface area (Å²) in [4.78, 5) is 0. The standard InChI is InChI=1S/C10H21O3/c1-4-11-7-6-10(3)13-9-8-12-5-2/h10H,3-9H2,1-2H3. The summed E-state index contributed by atoms with van der Waals surface area (Å²) in [6.07, 6.45) is 0.868. The minimum Gasteiger partial charge on any atom is -0.382 e. The lowest BCUT2D eigenvalue weighted by molar-refractivity contribution is 0.0103. The van der Waals surface area contributed by atoms with Crippen molar-refractivity contribution >= 4 is 0 Å². The molecule has 0 aromatic carbocycles. The molecule has 0 aliphatic rings. The predicted molar refractivity (Wildman–Crippen MR) is 52.7 cm³/mol. The first kappa shape index (κ1) is 12.9. The van der Waals surface area contributed by atoms with Crippen LogP contribution in [0.25, 0.3) is 0 Å². The molecule has 0 aromatic heterocycles. The van der Waals surface area contributed by atoms with Crippen molar-refractivity contribution in [1.29, 1.82) is 0 Å². The Morgan fingerprint density at radius 2 is 1.62 bits per heavy atom. The first-order valence-corrected chi connectivity index (χ1v) is 4.91. The SMILES string of the molecule is [CH2]C(CCOCC)OCCOCC. The minimum absolute atomic E-state index is 0.0204. The van der Waals surface area contributed by atoms with Crippen LogP contribution in [-0.2, 0) is 14.2 Å². The van der Waals surface area contributed by atoms with Crippen LogP contribution in [0.1, 0.15) is 20.3 Å². The molecule has 1 unspecified atom stereocenters. The lowest BCUT2D eigenvalue weighted by Crippen LogP contribution is -2.15. The third-order valence-corrected chi connectivity index (χ3v) is 1.57. The molecule has 3 heteroatoms. The number of rotatable bonds is 9. The lowest BCUT2D eigenvalue weighted by atomic mass is 10.3. The molecule has 3 nitrogen and oxygen atoms in total. The Bertz CT molecular complexity index is 96.2. The molecule has 79 valence electrons. The second-order valence-electron chi connectivity index (χ2n) is 2.68. The Morgan fingerprint density at radius 1 is 1.00 bits per heavy atom. The molecule has 1 atom stereocenters. The first-order valence-electron chi connectivity index (χ1n) is 4.91. The molecule has 0 aromatic rings. The molecule has 0 saturated carbocycles. The van der Waals surface area contributed by atoms with Gasteiger partial charge < -0.3 is 14.2 Å². The molecular weight excluding hydrogens is 168 g/mol. The van der Waals surface area contributed by atoms with Crippen LogP contribution in [0, 0.1) is 6.92 Å². The molecule has 0 spiro atoms. The summed E-state index contributed by atoms with van der Waals surface area (Å²) < 4.78 is 15.7. The molecule has 1 radical (unpaired) electrons. The molecule has 0 N–H and O–H groups in total. The second-order valence-corrected chi connectivity index (χ2v) is 2.68. The van der Waals surface area contributed by atoms with Crippen LogP contribution < -0.4 is 0 Å². The fraction of sp³-hybridized carbons (Fsp3) is 0.900. The Hall–Kier alpha value is -0.120. The highest BCUT2D eigenvalue weighted by molar-refractivity contribution is 4.58. The van der Waals surface area contributed by atoms with Gasteiger partial charge in [0.1, 0.15) is 0 Å². The van der Waals surface area contributed by atoms with Crippen LogP contribution in [0.2, 0.25) is 0 Å². The summed E-state index contributed by atoms with van der Waals surface area (Å²) in [5, 5.41) is 0. The van der Waals surface area contributed by atoms with Crippen LogP contribution in [0.5, 0.6) is 0 Å². The Kier molecular flexibility index (Phi) is 9.87. The number of hydrogen-bond acceptors (Lipinski definition) is 3. The average Bonchev–Trinajstić information content (AvgIpc) is 2.13. The zero-order valence-electron chi connectivity index (χ0n) is 8.75. The van der Waals surface area contributed by atoms with Gasteiger partial charge in [-0.25, -0.2) is 0 Å². The van der Waals surface area contributed by atoms with E-state index in [4.69, 9.17) is 14.2 Å². The van der Waals surface area contributed by atoms with Gasteiger partial charge in [0, 0.05) is 19.8 Å². The zero-order chi connectivity index (χ0) is 9.94. The number of hydrogen-bond donors (Lipinski definition) is 0. The van der Waals surface area contributed by atoms with Gasteiger partial charge >= 0.3 is 0 Å². The van der Waals surface area contributed by atoms with E-state index in [-0.39, 0.29) is 6.10 Å². The van der Waals surface area contributed by atoms with Gasteiger partial charge in [-0.2, -0.15) is 0 Å². The van der Waals surface area contributed by atoms with E-state index in [1.807, 2.05) is 13.8 Å². The van der Waals surface area contributed by atoms with Gasteiger partial charge in [-0.3, -0.25) is 0 Å².